The molecule has 1 aliphatic carbocycles. The van der Waals surface area contributed by atoms with Gasteiger partial charge in [-0.1, -0.05) is 26.8 Å². The molecular formula is C13H19ClN2O. The fraction of sp³-hybridized carbons (Fsp3) is 0.692. The van der Waals surface area contributed by atoms with Gasteiger partial charge in [0.2, 0.25) is 0 Å². The average Bonchev–Trinajstić information content (AvgIpc) is 2.24. The lowest BCUT2D eigenvalue weighted by Gasteiger charge is -2.50. The van der Waals surface area contributed by atoms with Crippen molar-refractivity contribution in [3.63, 3.8) is 0 Å². The van der Waals surface area contributed by atoms with E-state index in [1.54, 1.807) is 0 Å². The van der Waals surface area contributed by atoms with E-state index >= 15 is 0 Å². The first-order chi connectivity index (χ1) is 7.42. The summed E-state index contributed by atoms with van der Waals surface area (Å²) in [5.41, 5.74) is -0.121. The summed E-state index contributed by atoms with van der Waals surface area (Å²) >= 11 is 0. The number of nitriles is 1. The molecule has 4 heteroatoms. The molecule has 0 aromatic carbocycles. The predicted octanol–water partition coefficient (Wildman–Crippen LogP) is 2.08. The van der Waals surface area contributed by atoms with Crippen LogP contribution in [0.2, 0.25) is 0 Å². The van der Waals surface area contributed by atoms with Crippen molar-refractivity contribution in [2.45, 2.75) is 27.2 Å². The standard InChI is InChI=1S/C13H18N2O.ClH/c1-12(2)10-4-5-15-8-13(10,3)6-9(7-14)11(12)16;/h6,10,15H,4-5,8H2,1-3H3;1H/t10-,13+;/m0./s1. The zero-order valence-electron chi connectivity index (χ0n) is 10.5. The van der Waals surface area contributed by atoms with Gasteiger partial charge in [-0.2, -0.15) is 5.26 Å². The second-order valence-corrected chi connectivity index (χ2v) is 5.74. The van der Waals surface area contributed by atoms with E-state index in [4.69, 9.17) is 5.26 Å². The molecule has 0 saturated carbocycles. The van der Waals surface area contributed by atoms with Crippen molar-refractivity contribution in [3.8, 4) is 6.07 Å². The summed E-state index contributed by atoms with van der Waals surface area (Å²) in [5.74, 6) is 0.352. The Morgan fingerprint density at radius 3 is 2.71 bits per heavy atom. The number of allylic oxidation sites excluding steroid dienone is 1. The number of hydrogen-bond acceptors (Lipinski definition) is 3. The summed E-state index contributed by atoms with van der Waals surface area (Å²) < 4.78 is 0. The average molecular weight is 255 g/mol. The Hall–Kier alpha value is -0.850. The molecule has 17 heavy (non-hydrogen) atoms. The Bertz CT molecular complexity index is 408. The number of nitrogens with one attached hydrogen (secondary N) is 1. The highest BCUT2D eigenvalue weighted by Gasteiger charge is 2.51. The molecule has 1 heterocycles. The van der Waals surface area contributed by atoms with Gasteiger partial charge >= 0.3 is 0 Å². The minimum Gasteiger partial charge on any atom is -0.316 e. The highest BCUT2D eigenvalue weighted by molar-refractivity contribution is 6.04. The topological polar surface area (TPSA) is 52.9 Å². The lowest BCUT2D eigenvalue weighted by molar-refractivity contribution is -0.130. The van der Waals surface area contributed by atoms with Gasteiger partial charge in [0.1, 0.15) is 6.07 Å². The van der Waals surface area contributed by atoms with Gasteiger partial charge in [-0.15, -0.1) is 12.4 Å². The SMILES string of the molecule is CC1(C)C(=O)C(C#N)=C[C@]2(C)CNCC[C@@H]12.Cl. The summed E-state index contributed by atoms with van der Waals surface area (Å²) in [5, 5.41) is 12.4. The van der Waals surface area contributed by atoms with Crippen LogP contribution in [0.1, 0.15) is 27.2 Å². The zero-order chi connectivity index (χ0) is 12.0. The number of Topliss-reactive ketones (excluding diaryl/α,β-unsaturated/α-hetero) is 1. The minimum absolute atomic E-state index is 0. The Labute approximate surface area is 109 Å². The maximum absolute atomic E-state index is 12.2. The molecule has 0 amide bonds. The molecule has 3 nitrogen and oxygen atoms in total. The molecule has 1 N–H and O–H groups in total. The van der Waals surface area contributed by atoms with Gasteiger partial charge in [0.15, 0.2) is 5.78 Å². The molecule has 0 unspecified atom stereocenters. The van der Waals surface area contributed by atoms with E-state index in [9.17, 15) is 4.79 Å². The molecule has 1 saturated heterocycles. The molecule has 2 rings (SSSR count). The lowest BCUT2D eigenvalue weighted by Crippen LogP contribution is -2.54. The largest absolute Gasteiger partial charge is 0.316 e. The first-order valence-electron chi connectivity index (χ1n) is 5.80. The molecule has 1 aliphatic heterocycles. The highest BCUT2D eigenvalue weighted by Crippen LogP contribution is 2.50. The Balaban J connectivity index is 0.00000144. The van der Waals surface area contributed by atoms with Gasteiger partial charge in [0, 0.05) is 17.4 Å². The van der Waals surface area contributed by atoms with Crippen LogP contribution in [0.3, 0.4) is 0 Å². The van der Waals surface area contributed by atoms with Gasteiger partial charge in [0.25, 0.3) is 0 Å². The monoisotopic (exact) mass is 254 g/mol. The van der Waals surface area contributed by atoms with Crippen molar-refractivity contribution in [1.82, 2.24) is 5.32 Å². The predicted molar refractivity (Wildman–Crippen MR) is 68.8 cm³/mol. The highest BCUT2D eigenvalue weighted by atomic mass is 35.5. The second-order valence-electron chi connectivity index (χ2n) is 5.74. The summed E-state index contributed by atoms with van der Waals surface area (Å²) in [4.78, 5) is 12.2. The maximum atomic E-state index is 12.2. The lowest BCUT2D eigenvalue weighted by atomic mass is 9.55. The van der Waals surface area contributed by atoms with Crippen molar-refractivity contribution < 1.29 is 4.79 Å². The number of rotatable bonds is 0. The number of ketones is 1. The number of fused-ring (bicyclic) bond motifs is 1. The van der Waals surface area contributed by atoms with E-state index in [0.29, 0.717) is 11.5 Å². The molecule has 94 valence electrons. The number of nitrogens with zero attached hydrogens (tertiary/aromatic N) is 1. The maximum Gasteiger partial charge on any atom is 0.178 e. The van der Waals surface area contributed by atoms with Crippen LogP contribution in [-0.4, -0.2) is 18.9 Å². The van der Waals surface area contributed by atoms with Crippen LogP contribution in [0.25, 0.3) is 0 Å². The first-order valence-corrected chi connectivity index (χ1v) is 5.80. The van der Waals surface area contributed by atoms with Crippen molar-refractivity contribution in [2.75, 3.05) is 13.1 Å². The number of hydrogen-bond donors (Lipinski definition) is 1. The van der Waals surface area contributed by atoms with Crippen molar-refractivity contribution in [1.29, 1.82) is 5.26 Å². The number of halogens is 1. The summed E-state index contributed by atoms with van der Waals surface area (Å²) in [6.45, 7) is 7.93. The van der Waals surface area contributed by atoms with Crippen LogP contribution in [0.5, 0.6) is 0 Å². The van der Waals surface area contributed by atoms with E-state index in [0.717, 1.165) is 19.5 Å². The molecule has 0 bridgehead atoms. The third-order valence-corrected chi connectivity index (χ3v) is 4.21. The van der Waals surface area contributed by atoms with Crippen LogP contribution >= 0.6 is 12.4 Å². The van der Waals surface area contributed by atoms with E-state index in [2.05, 4.69) is 18.3 Å². The van der Waals surface area contributed by atoms with Gasteiger partial charge in [-0.3, -0.25) is 4.79 Å². The normalized spacial score (nSPS) is 35.1. The minimum atomic E-state index is -0.406. The Morgan fingerprint density at radius 2 is 2.12 bits per heavy atom. The zero-order valence-corrected chi connectivity index (χ0v) is 11.4. The molecule has 0 spiro atoms. The van der Waals surface area contributed by atoms with Gasteiger partial charge < -0.3 is 5.32 Å². The van der Waals surface area contributed by atoms with Crippen molar-refractivity contribution in [2.24, 2.45) is 16.7 Å². The van der Waals surface area contributed by atoms with Gasteiger partial charge in [0.05, 0.1) is 5.57 Å². The number of piperidine rings is 1. The molecule has 1 fully saturated rings. The quantitative estimate of drug-likeness (QED) is 0.720. The number of carbonyl (C=O) groups excluding carboxylic acids is 1. The fourth-order valence-corrected chi connectivity index (χ4v) is 3.38. The molecule has 2 aliphatic rings. The first kappa shape index (κ1) is 14.2. The number of carbonyl (C=O) groups is 1. The summed E-state index contributed by atoms with van der Waals surface area (Å²) in [6, 6.07) is 2.05. The second kappa shape index (κ2) is 4.44. The van der Waals surface area contributed by atoms with Crippen LogP contribution in [0.15, 0.2) is 11.6 Å². The molecular weight excluding hydrogens is 236 g/mol. The van der Waals surface area contributed by atoms with E-state index < -0.39 is 5.41 Å². The molecule has 2 atom stereocenters. The van der Waals surface area contributed by atoms with Crippen LogP contribution < -0.4 is 5.32 Å². The smallest absolute Gasteiger partial charge is 0.178 e. The molecule has 0 aromatic heterocycles. The molecule has 0 aromatic rings. The summed E-state index contributed by atoms with van der Waals surface area (Å²) in [7, 11) is 0. The molecule has 0 radical (unpaired) electrons. The van der Waals surface area contributed by atoms with E-state index in [-0.39, 0.29) is 23.6 Å². The Kier molecular flexibility index (Phi) is 3.71. The fourth-order valence-electron chi connectivity index (χ4n) is 3.38. The Morgan fingerprint density at radius 1 is 1.47 bits per heavy atom. The summed E-state index contributed by atoms with van der Waals surface area (Å²) in [6.07, 6.45) is 2.89. The third kappa shape index (κ3) is 2.00. The van der Waals surface area contributed by atoms with Crippen LogP contribution in [-0.2, 0) is 4.79 Å². The van der Waals surface area contributed by atoms with E-state index in [1.807, 2.05) is 19.9 Å². The van der Waals surface area contributed by atoms with Crippen molar-refractivity contribution in [3.05, 3.63) is 11.6 Å². The third-order valence-electron chi connectivity index (χ3n) is 4.21. The van der Waals surface area contributed by atoms with Gasteiger partial charge in [-0.25, -0.2) is 0 Å². The van der Waals surface area contributed by atoms with Crippen molar-refractivity contribution >= 4 is 18.2 Å². The van der Waals surface area contributed by atoms with Crippen LogP contribution in [0, 0.1) is 28.1 Å². The van der Waals surface area contributed by atoms with Crippen LogP contribution in [0.4, 0.5) is 0 Å². The van der Waals surface area contributed by atoms with E-state index in [1.165, 1.54) is 0 Å². The van der Waals surface area contributed by atoms with Gasteiger partial charge in [-0.05, 0) is 18.9 Å².